The monoisotopic (exact) mass is 249 g/mol. The highest BCUT2D eigenvalue weighted by atomic mass is 16.4. The van der Waals surface area contributed by atoms with E-state index >= 15 is 0 Å². The third-order valence-electron chi connectivity index (χ3n) is 3.10. The van der Waals surface area contributed by atoms with Gasteiger partial charge in [0.1, 0.15) is 6.04 Å². The largest absolute Gasteiger partial charge is 0.480 e. The van der Waals surface area contributed by atoms with Gasteiger partial charge in [-0.1, -0.05) is 38.1 Å². The molecule has 1 aromatic carbocycles. The van der Waals surface area contributed by atoms with Gasteiger partial charge < -0.3 is 5.11 Å². The maximum atomic E-state index is 11.6. The maximum absolute atomic E-state index is 11.6. The normalized spacial score (nSPS) is 12.7. The minimum atomic E-state index is -0.758. The molecule has 0 aliphatic carbocycles. The van der Waals surface area contributed by atoms with E-state index in [4.69, 9.17) is 0 Å². The predicted molar refractivity (Wildman–Crippen MR) is 73.7 cm³/mol. The average Bonchev–Trinajstić information content (AvgIpc) is 2.32. The van der Waals surface area contributed by atoms with Gasteiger partial charge in [-0.05, 0) is 44.0 Å². The number of rotatable bonds is 7. The van der Waals surface area contributed by atoms with Crippen molar-refractivity contribution in [2.45, 2.75) is 39.7 Å². The third-order valence-corrected chi connectivity index (χ3v) is 3.10. The van der Waals surface area contributed by atoms with E-state index in [-0.39, 0.29) is 0 Å². The first-order chi connectivity index (χ1) is 8.61. The van der Waals surface area contributed by atoms with Crippen molar-refractivity contribution in [2.75, 3.05) is 13.1 Å². The van der Waals surface area contributed by atoms with E-state index in [0.717, 1.165) is 37.1 Å². The van der Waals surface area contributed by atoms with Crippen molar-refractivity contribution in [1.82, 2.24) is 4.90 Å². The molecule has 1 aromatic rings. The van der Waals surface area contributed by atoms with E-state index in [2.05, 4.69) is 18.7 Å². The highest BCUT2D eigenvalue weighted by Crippen LogP contribution is 2.24. The quantitative estimate of drug-likeness (QED) is 0.806. The molecule has 3 heteroatoms. The zero-order valence-corrected chi connectivity index (χ0v) is 11.5. The minimum Gasteiger partial charge on any atom is -0.480 e. The second-order valence-corrected chi connectivity index (χ2v) is 4.63. The van der Waals surface area contributed by atoms with E-state index in [0.29, 0.717) is 0 Å². The van der Waals surface area contributed by atoms with Crippen LogP contribution in [0.25, 0.3) is 0 Å². The average molecular weight is 249 g/mol. The summed E-state index contributed by atoms with van der Waals surface area (Å²) in [6.45, 7) is 7.78. The smallest absolute Gasteiger partial charge is 0.325 e. The summed E-state index contributed by atoms with van der Waals surface area (Å²) in [6.07, 6.45) is 1.94. The molecule has 0 saturated carbocycles. The van der Waals surface area contributed by atoms with Crippen LogP contribution in [0.15, 0.2) is 24.3 Å². The first-order valence-electron chi connectivity index (χ1n) is 6.64. The molecule has 18 heavy (non-hydrogen) atoms. The molecule has 0 spiro atoms. The van der Waals surface area contributed by atoms with Crippen LogP contribution in [-0.2, 0) is 4.79 Å². The van der Waals surface area contributed by atoms with Crippen molar-refractivity contribution in [1.29, 1.82) is 0 Å². The Balaban J connectivity index is 3.07. The Labute approximate surface area is 109 Å². The fourth-order valence-electron chi connectivity index (χ4n) is 2.32. The van der Waals surface area contributed by atoms with Gasteiger partial charge in [0.05, 0.1) is 0 Å². The van der Waals surface area contributed by atoms with Crippen molar-refractivity contribution >= 4 is 5.97 Å². The molecule has 0 aromatic heterocycles. The third kappa shape index (κ3) is 3.57. The Morgan fingerprint density at radius 1 is 1.22 bits per heavy atom. The zero-order valence-electron chi connectivity index (χ0n) is 11.5. The van der Waals surface area contributed by atoms with Gasteiger partial charge in [-0.3, -0.25) is 9.69 Å². The second kappa shape index (κ2) is 7.17. The Morgan fingerprint density at radius 2 is 1.78 bits per heavy atom. The van der Waals surface area contributed by atoms with E-state index in [1.807, 2.05) is 31.2 Å². The van der Waals surface area contributed by atoms with Crippen molar-refractivity contribution < 1.29 is 9.90 Å². The summed E-state index contributed by atoms with van der Waals surface area (Å²) in [5.74, 6) is -0.758. The van der Waals surface area contributed by atoms with Crippen molar-refractivity contribution in [2.24, 2.45) is 0 Å². The fourth-order valence-corrected chi connectivity index (χ4v) is 2.32. The van der Waals surface area contributed by atoms with Crippen LogP contribution in [0.1, 0.15) is 43.9 Å². The standard InChI is InChI=1S/C15H23NO2/c1-4-10-16(11-5-2)14(15(17)18)13-9-7-6-8-12(13)3/h6-9,14H,4-5,10-11H2,1-3H3,(H,17,18). The van der Waals surface area contributed by atoms with Crippen molar-refractivity contribution in [3.05, 3.63) is 35.4 Å². The number of benzene rings is 1. The number of carboxylic acid groups (broad SMARTS) is 1. The van der Waals surface area contributed by atoms with Crippen molar-refractivity contribution in [3.63, 3.8) is 0 Å². The summed E-state index contributed by atoms with van der Waals surface area (Å²) in [7, 11) is 0. The molecule has 0 amide bonds. The van der Waals surface area contributed by atoms with Crippen LogP contribution in [0.2, 0.25) is 0 Å². The molecule has 0 fully saturated rings. The first kappa shape index (κ1) is 14.7. The zero-order chi connectivity index (χ0) is 13.5. The lowest BCUT2D eigenvalue weighted by atomic mass is 9.99. The molecule has 100 valence electrons. The number of carbonyl (C=O) groups is 1. The van der Waals surface area contributed by atoms with Gasteiger partial charge >= 0.3 is 5.97 Å². The van der Waals surface area contributed by atoms with Gasteiger partial charge in [0.25, 0.3) is 0 Å². The SMILES string of the molecule is CCCN(CCC)C(C(=O)O)c1ccccc1C. The summed E-state index contributed by atoms with van der Waals surface area (Å²) < 4.78 is 0. The Kier molecular flexibility index (Phi) is 5.86. The van der Waals surface area contributed by atoms with E-state index in [9.17, 15) is 9.90 Å². The summed E-state index contributed by atoms with van der Waals surface area (Å²) in [5, 5.41) is 9.53. The van der Waals surface area contributed by atoms with E-state index in [1.54, 1.807) is 0 Å². The number of aryl methyl sites for hydroxylation is 1. The van der Waals surface area contributed by atoms with Gasteiger partial charge in [0.15, 0.2) is 0 Å². The summed E-state index contributed by atoms with van der Waals surface area (Å²) >= 11 is 0. The van der Waals surface area contributed by atoms with E-state index in [1.165, 1.54) is 0 Å². The number of nitrogens with zero attached hydrogens (tertiary/aromatic N) is 1. The van der Waals surface area contributed by atoms with Crippen LogP contribution in [-0.4, -0.2) is 29.1 Å². The molecule has 1 N–H and O–H groups in total. The predicted octanol–water partition coefficient (Wildman–Crippen LogP) is 3.24. The van der Waals surface area contributed by atoms with Crippen molar-refractivity contribution in [3.8, 4) is 0 Å². The molecular weight excluding hydrogens is 226 g/mol. The lowest BCUT2D eigenvalue weighted by Gasteiger charge is -2.29. The number of hydrogen-bond donors (Lipinski definition) is 1. The molecule has 0 heterocycles. The Hall–Kier alpha value is -1.35. The minimum absolute atomic E-state index is 0.522. The van der Waals surface area contributed by atoms with E-state index < -0.39 is 12.0 Å². The second-order valence-electron chi connectivity index (χ2n) is 4.63. The molecule has 1 atom stereocenters. The number of hydrogen-bond acceptors (Lipinski definition) is 2. The Bertz CT molecular complexity index is 384. The summed E-state index contributed by atoms with van der Waals surface area (Å²) in [6, 6.07) is 7.23. The fraction of sp³-hybridized carbons (Fsp3) is 0.533. The first-order valence-corrected chi connectivity index (χ1v) is 6.64. The van der Waals surface area contributed by atoms with Crippen LogP contribution >= 0.6 is 0 Å². The molecule has 0 bridgehead atoms. The molecule has 3 nitrogen and oxygen atoms in total. The van der Waals surface area contributed by atoms with Gasteiger partial charge in [0.2, 0.25) is 0 Å². The lowest BCUT2D eigenvalue weighted by molar-refractivity contribution is -0.143. The molecule has 1 unspecified atom stereocenters. The topological polar surface area (TPSA) is 40.5 Å². The lowest BCUT2D eigenvalue weighted by Crippen LogP contribution is -2.35. The molecule has 1 rings (SSSR count). The number of aliphatic carboxylic acids is 1. The Morgan fingerprint density at radius 3 is 2.22 bits per heavy atom. The highest BCUT2D eigenvalue weighted by molar-refractivity contribution is 5.76. The summed E-state index contributed by atoms with van der Waals surface area (Å²) in [5.41, 5.74) is 1.95. The van der Waals surface area contributed by atoms with Crippen LogP contribution < -0.4 is 0 Å². The van der Waals surface area contributed by atoms with Gasteiger partial charge in [-0.15, -0.1) is 0 Å². The van der Waals surface area contributed by atoms with Gasteiger partial charge in [0, 0.05) is 0 Å². The molecule has 0 saturated heterocycles. The highest BCUT2D eigenvalue weighted by Gasteiger charge is 2.27. The molecule has 0 aliphatic heterocycles. The van der Waals surface area contributed by atoms with Crippen LogP contribution in [0.5, 0.6) is 0 Å². The molecular formula is C15H23NO2. The van der Waals surface area contributed by atoms with Crippen LogP contribution in [0.3, 0.4) is 0 Å². The van der Waals surface area contributed by atoms with Crippen LogP contribution in [0, 0.1) is 6.92 Å². The van der Waals surface area contributed by atoms with Gasteiger partial charge in [-0.2, -0.15) is 0 Å². The molecule has 0 aliphatic rings. The van der Waals surface area contributed by atoms with Crippen LogP contribution in [0.4, 0.5) is 0 Å². The summed E-state index contributed by atoms with van der Waals surface area (Å²) in [4.78, 5) is 13.7. The number of carboxylic acids is 1. The van der Waals surface area contributed by atoms with Gasteiger partial charge in [-0.25, -0.2) is 0 Å². The maximum Gasteiger partial charge on any atom is 0.325 e. The molecule has 0 radical (unpaired) electrons.